The van der Waals surface area contributed by atoms with Crippen molar-refractivity contribution >= 4 is 16.2 Å². The lowest BCUT2D eigenvalue weighted by Gasteiger charge is -2.22. The predicted molar refractivity (Wildman–Crippen MR) is 62.2 cm³/mol. The fourth-order valence-corrected chi connectivity index (χ4v) is 4.33. The van der Waals surface area contributed by atoms with Crippen LogP contribution >= 0.6 is 7.92 Å². The molecule has 1 nitrogen and oxygen atoms in total. The zero-order valence-corrected chi connectivity index (χ0v) is 11.1. The van der Waals surface area contributed by atoms with Crippen LogP contribution in [0.1, 0.15) is 13.3 Å². The molecule has 0 fully saturated rings. The van der Waals surface area contributed by atoms with Crippen molar-refractivity contribution in [3.63, 3.8) is 0 Å². The van der Waals surface area contributed by atoms with E-state index < -0.39 is 8.32 Å². The van der Waals surface area contributed by atoms with E-state index in [0.29, 0.717) is 7.92 Å². The van der Waals surface area contributed by atoms with Crippen LogP contribution in [0.25, 0.3) is 0 Å². The van der Waals surface area contributed by atoms with Gasteiger partial charge in [-0.3, -0.25) is 0 Å². The lowest BCUT2D eigenvalue weighted by molar-refractivity contribution is 0.328. The summed E-state index contributed by atoms with van der Waals surface area (Å²) in [5, 5.41) is 0. The van der Waals surface area contributed by atoms with Crippen molar-refractivity contribution in [2.75, 3.05) is 26.1 Å². The molecule has 0 N–H and O–H groups in total. The number of rotatable bonds is 6. The van der Waals surface area contributed by atoms with Crippen LogP contribution in [0, 0.1) is 0 Å². The summed E-state index contributed by atoms with van der Waals surface area (Å²) in [5.74, 6) is 0. The summed E-state index contributed by atoms with van der Waals surface area (Å²) in [7, 11) is -0.956. The topological polar surface area (TPSA) is 9.23 Å². The minimum Gasteiger partial charge on any atom is -0.418 e. The average molecular weight is 206 g/mol. The molecule has 12 heavy (non-hydrogen) atoms. The Morgan fingerprint density at radius 1 is 1.25 bits per heavy atom. The summed E-state index contributed by atoms with van der Waals surface area (Å²) in [4.78, 5) is 0. The van der Waals surface area contributed by atoms with E-state index in [0.717, 1.165) is 6.61 Å². The highest BCUT2D eigenvalue weighted by Gasteiger charge is 2.20. The van der Waals surface area contributed by atoms with Crippen LogP contribution in [0.3, 0.4) is 0 Å². The van der Waals surface area contributed by atoms with Gasteiger partial charge in [0.15, 0.2) is 8.32 Å². The Morgan fingerprint density at radius 3 is 2.25 bits per heavy atom. The van der Waals surface area contributed by atoms with Crippen molar-refractivity contribution in [2.45, 2.75) is 32.5 Å². The molecule has 0 radical (unpaired) electrons. The third kappa shape index (κ3) is 7.27. The third-order valence-electron chi connectivity index (χ3n) is 1.92. The minimum absolute atomic E-state index is 0.304. The molecule has 0 unspecified atom stereocenters. The second-order valence-electron chi connectivity index (χ2n) is 4.10. The second-order valence-corrected chi connectivity index (χ2v) is 11.0. The average Bonchev–Trinajstić information content (AvgIpc) is 1.85. The summed E-state index contributed by atoms with van der Waals surface area (Å²) in [6.45, 7) is 12.3. The quantitative estimate of drug-likeness (QED) is 0.478. The van der Waals surface area contributed by atoms with Gasteiger partial charge in [0.2, 0.25) is 0 Å². The molecule has 0 spiro atoms. The van der Waals surface area contributed by atoms with E-state index in [4.69, 9.17) is 4.43 Å². The van der Waals surface area contributed by atoms with E-state index in [1.807, 2.05) is 0 Å². The Bertz CT molecular complexity index is 115. The van der Waals surface area contributed by atoms with Crippen molar-refractivity contribution in [2.24, 2.45) is 0 Å². The predicted octanol–water partition coefficient (Wildman–Crippen LogP) is 3.36. The highest BCUT2D eigenvalue weighted by Crippen LogP contribution is 2.27. The monoisotopic (exact) mass is 206 g/mol. The van der Waals surface area contributed by atoms with Crippen LogP contribution < -0.4 is 0 Å². The molecule has 0 aliphatic rings. The fraction of sp³-hybridized carbons (Fsp3) is 1.00. The van der Waals surface area contributed by atoms with E-state index in [2.05, 4.69) is 33.3 Å². The number of hydrogen-bond acceptors (Lipinski definition) is 1. The van der Waals surface area contributed by atoms with Crippen LogP contribution in [0.2, 0.25) is 19.1 Å². The Kier molecular flexibility index (Phi) is 6.43. The molecule has 0 aromatic rings. The van der Waals surface area contributed by atoms with Crippen LogP contribution in [0.15, 0.2) is 0 Å². The fourth-order valence-electron chi connectivity index (χ4n) is 1.28. The van der Waals surface area contributed by atoms with E-state index in [9.17, 15) is 0 Å². The smallest absolute Gasteiger partial charge is 0.186 e. The first-order valence-electron chi connectivity index (χ1n) is 4.76. The van der Waals surface area contributed by atoms with Gasteiger partial charge in [0.05, 0.1) is 0 Å². The van der Waals surface area contributed by atoms with Gasteiger partial charge in [-0.15, -0.1) is 7.92 Å². The largest absolute Gasteiger partial charge is 0.418 e. The molecule has 0 aliphatic carbocycles. The molecule has 0 rings (SSSR count). The van der Waals surface area contributed by atoms with Crippen molar-refractivity contribution in [1.82, 2.24) is 0 Å². The van der Waals surface area contributed by atoms with Crippen LogP contribution in [-0.2, 0) is 4.43 Å². The van der Waals surface area contributed by atoms with Crippen LogP contribution in [0.4, 0.5) is 0 Å². The minimum atomic E-state index is -1.26. The Hall–Kier alpha value is 0.607. The van der Waals surface area contributed by atoms with Gasteiger partial charge in [-0.1, -0.05) is 0 Å². The maximum atomic E-state index is 5.76. The van der Waals surface area contributed by atoms with Crippen molar-refractivity contribution < 1.29 is 4.43 Å². The Morgan fingerprint density at radius 2 is 1.83 bits per heavy atom. The van der Waals surface area contributed by atoms with Gasteiger partial charge in [-0.2, -0.15) is 0 Å². The Balaban J connectivity index is 3.46. The maximum absolute atomic E-state index is 5.76. The summed E-state index contributed by atoms with van der Waals surface area (Å²) in [5.41, 5.74) is 0. The van der Waals surface area contributed by atoms with E-state index >= 15 is 0 Å². The third-order valence-corrected chi connectivity index (χ3v) is 5.76. The zero-order valence-electron chi connectivity index (χ0n) is 9.18. The molecule has 0 heterocycles. The van der Waals surface area contributed by atoms with Crippen molar-refractivity contribution in [3.05, 3.63) is 0 Å². The summed E-state index contributed by atoms with van der Waals surface area (Å²) in [6, 6.07) is 1.33. The van der Waals surface area contributed by atoms with Gasteiger partial charge in [-0.25, -0.2) is 0 Å². The Labute approximate surface area is 79.8 Å². The number of hydrogen-bond donors (Lipinski definition) is 0. The summed E-state index contributed by atoms with van der Waals surface area (Å²) >= 11 is 0. The molecule has 0 amide bonds. The first-order valence-corrected chi connectivity index (χ1v) is 10.3. The molecule has 0 atom stereocenters. The molecule has 0 saturated heterocycles. The first kappa shape index (κ1) is 12.6. The molecule has 0 aromatic carbocycles. The SMILES string of the molecule is CCO[Si](C)(C)CCCP(C)C. The van der Waals surface area contributed by atoms with Crippen molar-refractivity contribution in [1.29, 1.82) is 0 Å². The molecule has 0 bridgehead atoms. The van der Waals surface area contributed by atoms with Gasteiger partial charge in [0.1, 0.15) is 0 Å². The maximum Gasteiger partial charge on any atom is 0.186 e. The lowest BCUT2D eigenvalue weighted by Crippen LogP contribution is -2.30. The normalized spacial score (nSPS) is 12.5. The van der Waals surface area contributed by atoms with Crippen LogP contribution in [0.5, 0.6) is 0 Å². The first-order chi connectivity index (χ1) is 5.48. The summed E-state index contributed by atoms with van der Waals surface area (Å²) in [6.07, 6.45) is 2.79. The molecule has 0 saturated carbocycles. The highest BCUT2D eigenvalue weighted by molar-refractivity contribution is 7.55. The molecular formula is C9H23OPSi. The second kappa shape index (κ2) is 6.12. The molecule has 0 aromatic heterocycles. The van der Waals surface area contributed by atoms with Gasteiger partial charge in [0, 0.05) is 6.61 Å². The molecule has 3 heteroatoms. The standard InChI is InChI=1S/C9H23OPSi/c1-6-10-12(4,5)9-7-8-11(2)3/h6-9H2,1-5H3. The van der Waals surface area contributed by atoms with Crippen LogP contribution in [-0.4, -0.2) is 34.4 Å². The lowest BCUT2D eigenvalue weighted by atomic mass is 10.6. The van der Waals surface area contributed by atoms with Gasteiger partial charge < -0.3 is 4.43 Å². The molecular weight excluding hydrogens is 183 g/mol. The molecule has 74 valence electrons. The van der Waals surface area contributed by atoms with Gasteiger partial charge in [-0.05, 0) is 52.0 Å². The van der Waals surface area contributed by atoms with E-state index in [1.165, 1.54) is 18.6 Å². The van der Waals surface area contributed by atoms with Crippen molar-refractivity contribution in [3.8, 4) is 0 Å². The highest BCUT2D eigenvalue weighted by atomic mass is 31.1. The van der Waals surface area contributed by atoms with E-state index in [1.54, 1.807) is 0 Å². The molecule has 0 aliphatic heterocycles. The van der Waals surface area contributed by atoms with Gasteiger partial charge in [0.25, 0.3) is 0 Å². The van der Waals surface area contributed by atoms with E-state index in [-0.39, 0.29) is 0 Å². The van der Waals surface area contributed by atoms with Gasteiger partial charge >= 0.3 is 0 Å². The zero-order chi connectivity index (χ0) is 9.61. The summed E-state index contributed by atoms with van der Waals surface area (Å²) < 4.78 is 5.76.